The van der Waals surface area contributed by atoms with Crippen LogP contribution in [-0.4, -0.2) is 60.2 Å². The standard InChI is InChI=1S/C24H30N2O4/c1-24(2,3)30-23(28)25-15-16-26(20(17-25)22(27)29-4)21(18-11-7-5-8-12-18)19-13-9-6-10-14-19/h5-14,20-21H,15-17H2,1-4H3. The average molecular weight is 411 g/mol. The van der Waals surface area contributed by atoms with E-state index in [1.54, 1.807) is 4.90 Å². The maximum atomic E-state index is 12.8. The molecule has 6 heteroatoms. The van der Waals surface area contributed by atoms with E-state index in [2.05, 4.69) is 29.2 Å². The minimum Gasteiger partial charge on any atom is -0.468 e. The number of hydrogen-bond donors (Lipinski definition) is 0. The van der Waals surface area contributed by atoms with Crippen LogP contribution >= 0.6 is 0 Å². The van der Waals surface area contributed by atoms with Crippen molar-refractivity contribution in [1.29, 1.82) is 0 Å². The molecule has 0 radical (unpaired) electrons. The van der Waals surface area contributed by atoms with Gasteiger partial charge in [0.15, 0.2) is 0 Å². The summed E-state index contributed by atoms with van der Waals surface area (Å²) in [7, 11) is 1.38. The second-order valence-corrected chi connectivity index (χ2v) is 8.43. The molecule has 0 saturated carbocycles. The number of carbonyl (C=O) groups is 2. The van der Waals surface area contributed by atoms with Gasteiger partial charge in [-0.2, -0.15) is 0 Å². The number of methoxy groups -OCH3 is 1. The molecule has 1 fully saturated rings. The molecule has 2 aromatic carbocycles. The largest absolute Gasteiger partial charge is 0.468 e. The van der Waals surface area contributed by atoms with Crippen LogP contribution in [0.1, 0.15) is 37.9 Å². The van der Waals surface area contributed by atoms with Crippen molar-refractivity contribution in [2.75, 3.05) is 26.7 Å². The van der Waals surface area contributed by atoms with Gasteiger partial charge in [-0.05, 0) is 31.9 Å². The molecule has 2 aromatic rings. The molecule has 1 saturated heterocycles. The number of benzene rings is 2. The van der Waals surface area contributed by atoms with Crippen LogP contribution in [0.4, 0.5) is 4.79 Å². The van der Waals surface area contributed by atoms with Gasteiger partial charge in [0.2, 0.25) is 0 Å². The Bertz CT molecular complexity index is 809. The molecule has 1 amide bonds. The normalized spacial score (nSPS) is 17.6. The van der Waals surface area contributed by atoms with E-state index < -0.39 is 17.7 Å². The van der Waals surface area contributed by atoms with Crippen LogP contribution in [0.3, 0.4) is 0 Å². The van der Waals surface area contributed by atoms with Crippen molar-refractivity contribution in [1.82, 2.24) is 9.80 Å². The Labute approximate surface area is 178 Å². The van der Waals surface area contributed by atoms with Crippen LogP contribution in [-0.2, 0) is 14.3 Å². The third-order valence-corrected chi connectivity index (χ3v) is 5.11. The number of carbonyl (C=O) groups excluding carboxylic acids is 2. The number of rotatable bonds is 4. The Morgan fingerprint density at radius 2 is 1.47 bits per heavy atom. The van der Waals surface area contributed by atoms with Crippen LogP contribution in [0.5, 0.6) is 0 Å². The van der Waals surface area contributed by atoms with E-state index in [0.717, 1.165) is 11.1 Å². The van der Waals surface area contributed by atoms with Crippen LogP contribution in [0, 0.1) is 0 Å². The molecule has 1 aliphatic rings. The predicted octanol–water partition coefficient (Wildman–Crippen LogP) is 3.87. The van der Waals surface area contributed by atoms with Gasteiger partial charge >= 0.3 is 12.1 Å². The minimum absolute atomic E-state index is 0.128. The number of amides is 1. The van der Waals surface area contributed by atoms with Crippen molar-refractivity contribution >= 4 is 12.1 Å². The highest BCUT2D eigenvalue weighted by Crippen LogP contribution is 2.32. The Hall–Kier alpha value is -2.86. The van der Waals surface area contributed by atoms with Gasteiger partial charge in [0, 0.05) is 13.1 Å². The number of hydrogen-bond acceptors (Lipinski definition) is 5. The first-order chi connectivity index (χ1) is 14.3. The zero-order chi connectivity index (χ0) is 21.7. The fourth-order valence-corrected chi connectivity index (χ4v) is 3.79. The fraction of sp³-hybridized carbons (Fsp3) is 0.417. The fourth-order valence-electron chi connectivity index (χ4n) is 3.79. The van der Waals surface area contributed by atoms with Crippen LogP contribution in [0.15, 0.2) is 60.7 Å². The molecule has 0 aromatic heterocycles. The lowest BCUT2D eigenvalue weighted by Gasteiger charge is -2.44. The summed E-state index contributed by atoms with van der Waals surface area (Å²) in [6.45, 7) is 6.71. The predicted molar refractivity (Wildman–Crippen MR) is 115 cm³/mol. The molecule has 0 aliphatic carbocycles. The van der Waals surface area contributed by atoms with E-state index in [1.807, 2.05) is 57.2 Å². The van der Waals surface area contributed by atoms with Crippen LogP contribution in [0.25, 0.3) is 0 Å². The summed E-state index contributed by atoms with van der Waals surface area (Å²) in [5.74, 6) is -0.361. The van der Waals surface area contributed by atoms with E-state index in [4.69, 9.17) is 9.47 Å². The summed E-state index contributed by atoms with van der Waals surface area (Å²) >= 11 is 0. The van der Waals surface area contributed by atoms with E-state index in [1.165, 1.54) is 7.11 Å². The molecule has 0 spiro atoms. The van der Waals surface area contributed by atoms with Crippen molar-refractivity contribution in [3.8, 4) is 0 Å². The van der Waals surface area contributed by atoms with Gasteiger partial charge in [0.25, 0.3) is 0 Å². The van der Waals surface area contributed by atoms with Crippen molar-refractivity contribution in [2.24, 2.45) is 0 Å². The van der Waals surface area contributed by atoms with E-state index in [0.29, 0.717) is 13.1 Å². The maximum absolute atomic E-state index is 12.8. The van der Waals surface area contributed by atoms with Crippen molar-refractivity contribution < 1.29 is 19.1 Å². The molecule has 30 heavy (non-hydrogen) atoms. The lowest BCUT2D eigenvalue weighted by Crippen LogP contribution is -2.59. The summed E-state index contributed by atoms with van der Waals surface area (Å²) in [5, 5.41) is 0. The highest BCUT2D eigenvalue weighted by atomic mass is 16.6. The van der Waals surface area contributed by atoms with Gasteiger partial charge in [0.1, 0.15) is 11.6 Å². The molecule has 1 atom stereocenters. The molecule has 3 rings (SSSR count). The highest BCUT2D eigenvalue weighted by molar-refractivity contribution is 5.78. The van der Waals surface area contributed by atoms with Gasteiger partial charge in [-0.3, -0.25) is 9.69 Å². The molecule has 0 N–H and O–H groups in total. The Morgan fingerprint density at radius 3 is 1.93 bits per heavy atom. The van der Waals surface area contributed by atoms with E-state index in [-0.39, 0.29) is 18.6 Å². The van der Waals surface area contributed by atoms with Gasteiger partial charge < -0.3 is 14.4 Å². The van der Waals surface area contributed by atoms with Crippen molar-refractivity contribution in [3.63, 3.8) is 0 Å². The zero-order valence-corrected chi connectivity index (χ0v) is 18.1. The molecule has 1 aliphatic heterocycles. The third kappa shape index (κ3) is 5.19. The van der Waals surface area contributed by atoms with Gasteiger partial charge in [0.05, 0.1) is 19.7 Å². The summed E-state index contributed by atoms with van der Waals surface area (Å²) in [5.41, 5.74) is 1.58. The first-order valence-corrected chi connectivity index (χ1v) is 10.2. The summed E-state index contributed by atoms with van der Waals surface area (Å²) in [4.78, 5) is 29.1. The second-order valence-electron chi connectivity index (χ2n) is 8.43. The molecule has 0 bridgehead atoms. The maximum Gasteiger partial charge on any atom is 0.410 e. The van der Waals surface area contributed by atoms with Gasteiger partial charge in [-0.15, -0.1) is 0 Å². The van der Waals surface area contributed by atoms with Crippen molar-refractivity contribution in [3.05, 3.63) is 71.8 Å². The zero-order valence-electron chi connectivity index (χ0n) is 18.1. The summed E-state index contributed by atoms with van der Waals surface area (Å²) in [6.07, 6.45) is -0.410. The molecular weight excluding hydrogens is 380 g/mol. The summed E-state index contributed by atoms with van der Waals surface area (Å²) in [6, 6.07) is 19.5. The highest BCUT2D eigenvalue weighted by Gasteiger charge is 2.40. The second kappa shape index (κ2) is 9.30. The number of piperazine rings is 1. The quantitative estimate of drug-likeness (QED) is 0.716. The van der Waals surface area contributed by atoms with Crippen LogP contribution in [0.2, 0.25) is 0 Å². The molecule has 6 nitrogen and oxygen atoms in total. The van der Waals surface area contributed by atoms with Crippen molar-refractivity contribution in [2.45, 2.75) is 38.5 Å². The lowest BCUT2D eigenvalue weighted by atomic mass is 9.94. The topological polar surface area (TPSA) is 59.1 Å². The summed E-state index contributed by atoms with van der Waals surface area (Å²) < 4.78 is 10.6. The van der Waals surface area contributed by atoms with E-state index >= 15 is 0 Å². The molecule has 1 unspecified atom stereocenters. The van der Waals surface area contributed by atoms with Gasteiger partial charge in [-0.25, -0.2) is 4.79 Å². The Balaban J connectivity index is 1.93. The first-order valence-electron chi connectivity index (χ1n) is 10.2. The third-order valence-electron chi connectivity index (χ3n) is 5.11. The average Bonchev–Trinajstić information content (AvgIpc) is 2.74. The van der Waals surface area contributed by atoms with Gasteiger partial charge in [-0.1, -0.05) is 60.7 Å². The number of esters is 1. The molecule has 160 valence electrons. The monoisotopic (exact) mass is 410 g/mol. The Kier molecular flexibility index (Phi) is 6.77. The number of ether oxygens (including phenoxy) is 2. The SMILES string of the molecule is COC(=O)C1CN(C(=O)OC(C)(C)C)CCN1C(c1ccccc1)c1ccccc1. The first kappa shape index (κ1) is 21.8. The molecule has 1 heterocycles. The Morgan fingerprint density at radius 1 is 0.933 bits per heavy atom. The number of nitrogens with zero attached hydrogens (tertiary/aromatic N) is 2. The molecular formula is C24H30N2O4. The van der Waals surface area contributed by atoms with Crippen LogP contribution < -0.4 is 0 Å². The van der Waals surface area contributed by atoms with E-state index in [9.17, 15) is 9.59 Å². The lowest BCUT2D eigenvalue weighted by molar-refractivity contribution is -0.150. The smallest absolute Gasteiger partial charge is 0.410 e. The minimum atomic E-state index is -0.596.